The molecule has 0 aliphatic heterocycles. The third-order valence-electron chi connectivity index (χ3n) is 2.67. The van der Waals surface area contributed by atoms with Crippen LogP contribution in [0.3, 0.4) is 0 Å². The van der Waals surface area contributed by atoms with Gasteiger partial charge in [0.15, 0.2) is 11.0 Å². The minimum absolute atomic E-state index is 0.183. The lowest BCUT2D eigenvalue weighted by atomic mass is 10.2. The van der Waals surface area contributed by atoms with Crippen molar-refractivity contribution in [2.45, 2.75) is 4.90 Å². The van der Waals surface area contributed by atoms with E-state index in [1.54, 1.807) is 23.5 Å². The van der Waals surface area contributed by atoms with Crippen molar-refractivity contribution in [2.75, 3.05) is 11.4 Å². The average Bonchev–Trinajstić information content (AvgIpc) is 2.46. The predicted octanol–water partition coefficient (Wildman–Crippen LogP) is 2.54. The summed E-state index contributed by atoms with van der Waals surface area (Å²) in [5, 5.41) is 8.82. The van der Waals surface area contributed by atoms with Crippen LogP contribution in [0.4, 0.5) is 5.69 Å². The summed E-state index contributed by atoms with van der Waals surface area (Å²) in [5.41, 5.74) is 1.02. The van der Waals surface area contributed by atoms with Crippen LogP contribution < -0.4 is 4.31 Å². The van der Waals surface area contributed by atoms with Crippen molar-refractivity contribution in [1.82, 2.24) is 0 Å². The van der Waals surface area contributed by atoms with Crippen LogP contribution in [0.5, 0.6) is 0 Å². The molecule has 0 radical (unpaired) electrons. The molecule has 0 saturated carbocycles. The number of benzene rings is 2. The lowest BCUT2D eigenvalue weighted by Crippen LogP contribution is -2.20. The molecular weight excluding hydrogens is 262 g/mol. The van der Waals surface area contributed by atoms with Gasteiger partial charge in [0, 0.05) is 12.7 Å². The Hall–Kier alpha value is -2.14. The molecule has 2 aromatic carbocycles. The first-order chi connectivity index (χ1) is 9.09. The summed E-state index contributed by atoms with van der Waals surface area (Å²) >= 11 is 0. The standard InChI is InChI=1S/C14H13NO3S/c1-15(12-5-3-2-4-6-12)19(18)13-9-7-11(8-10-13)14(16)17/h2-10H,1H3,(H,16,17). The molecule has 0 bridgehead atoms. The van der Waals surface area contributed by atoms with E-state index in [0.29, 0.717) is 4.90 Å². The maximum absolute atomic E-state index is 12.3. The van der Waals surface area contributed by atoms with Gasteiger partial charge in [-0.3, -0.25) is 4.31 Å². The molecule has 19 heavy (non-hydrogen) atoms. The SMILES string of the molecule is CN(c1ccccc1)S(=O)c1ccc(C(=O)O)cc1. The lowest BCUT2D eigenvalue weighted by Gasteiger charge is -2.17. The molecule has 2 rings (SSSR count). The Morgan fingerprint density at radius 1 is 1.05 bits per heavy atom. The maximum atomic E-state index is 12.3. The van der Waals surface area contributed by atoms with Gasteiger partial charge in [0.25, 0.3) is 0 Å². The van der Waals surface area contributed by atoms with Gasteiger partial charge in [0.05, 0.1) is 10.5 Å². The molecule has 0 aromatic heterocycles. The fourth-order valence-electron chi connectivity index (χ4n) is 1.61. The summed E-state index contributed by atoms with van der Waals surface area (Å²) in [6.07, 6.45) is 0. The Bertz CT molecular complexity index is 596. The zero-order chi connectivity index (χ0) is 13.8. The molecule has 1 atom stereocenters. The van der Waals surface area contributed by atoms with E-state index in [4.69, 9.17) is 5.11 Å². The number of carboxylic acid groups (broad SMARTS) is 1. The largest absolute Gasteiger partial charge is 0.478 e. The van der Waals surface area contributed by atoms with E-state index < -0.39 is 17.0 Å². The number of para-hydroxylation sites is 1. The summed E-state index contributed by atoms with van der Waals surface area (Å²) in [6, 6.07) is 15.4. The number of hydrogen-bond acceptors (Lipinski definition) is 2. The van der Waals surface area contributed by atoms with Crippen LogP contribution in [0.25, 0.3) is 0 Å². The average molecular weight is 275 g/mol. The molecule has 0 aliphatic carbocycles. The second-order valence-corrected chi connectivity index (χ2v) is 5.43. The number of hydrogen-bond donors (Lipinski definition) is 1. The third-order valence-corrected chi connectivity index (χ3v) is 4.06. The zero-order valence-corrected chi connectivity index (χ0v) is 11.1. The van der Waals surface area contributed by atoms with Crippen molar-refractivity contribution >= 4 is 22.6 Å². The van der Waals surface area contributed by atoms with Crippen LogP contribution in [-0.2, 0) is 11.0 Å². The van der Waals surface area contributed by atoms with Crippen LogP contribution in [0, 0.1) is 0 Å². The predicted molar refractivity (Wildman–Crippen MR) is 74.7 cm³/mol. The summed E-state index contributed by atoms with van der Waals surface area (Å²) in [5.74, 6) is -0.992. The van der Waals surface area contributed by atoms with Crippen LogP contribution in [-0.4, -0.2) is 22.3 Å². The topological polar surface area (TPSA) is 57.6 Å². The van der Waals surface area contributed by atoms with Crippen molar-refractivity contribution in [1.29, 1.82) is 0 Å². The first-order valence-electron chi connectivity index (χ1n) is 5.63. The fourth-order valence-corrected chi connectivity index (χ4v) is 2.60. The highest BCUT2D eigenvalue weighted by molar-refractivity contribution is 7.86. The minimum atomic E-state index is -1.36. The first-order valence-corrected chi connectivity index (χ1v) is 6.74. The molecule has 1 N–H and O–H groups in total. The van der Waals surface area contributed by atoms with E-state index >= 15 is 0 Å². The van der Waals surface area contributed by atoms with Crippen LogP contribution in [0.2, 0.25) is 0 Å². The molecule has 98 valence electrons. The quantitative estimate of drug-likeness (QED) is 0.933. The van der Waals surface area contributed by atoms with E-state index in [1.807, 2.05) is 30.3 Å². The Labute approximate surface area is 113 Å². The number of rotatable bonds is 4. The van der Waals surface area contributed by atoms with Crippen molar-refractivity contribution in [3.05, 3.63) is 60.2 Å². The number of carboxylic acids is 1. The number of carbonyl (C=O) groups is 1. The van der Waals surface area contributed by atoms with Gasteiger partial charge < -0.3 is 5.11 Å². The summed E-state index contributed by atoms with van der Waals surface area (Å²) in [4.78, 5) is 11.3. The Balaban J connectivity index is 2.22. The minimum Gasteiger partial charge on any atom is -0.478 e. The van der Waals surface area contributed by atoms with Crippen molar-refractivity contribution < 1.29 is 14.1 Å². The number of anilines is 1. The van der Waals surface area contributed by atoms with Gasteiger partial charge in [-0.05, 0) is 36.4 Å². The number of aromatic carboxylic acids is 1. The summed E-state index contributed by atoms with van der Waals surface area (Å²) in [6.45, 7) is 0. The molecule has 0 amide bonds. The maximum Gasteiger partial charge on any atom is 0.335 e. The van der Waals surface area contributed by atoms with Gasteiger partial charge in [0.1, 0.15) is 0 Å². The van der Waals surface area contributed by atoms with E-state index in [0.717, 1.165) is 5.69 Å². The van der Waals surface area contributed by atoms with E-state index in [1.165, 1.54) is 12.1 Å². The molecule has 2 aromatic rings. The molecule has 0 aliphatic rings. The normalized spacial score (nSPS) is 11.8. The molecule has 0 spiro atoms. The second-order valence-electron chi connectivity index (χ2n) is 3.91. The van der Waals surface area contributed by atoms with Gasteiger partial charge in [-0.2, -0.15) is 0 Å². The molecule has 1 unspecified atom stereocenters. The number of nitrogens with zero attached hydrogens (tertiary/aromatic N) is 1. The van der Waals surface area contributed by atoms with Crippen molar-refractivity contribution in [3.8, 4) is 0 Å². The van der Waals surface area contributed by atoms with Gasteiger partial charge in [0.2, 0.25) is 0 Å². The van der Waals surface area contributed by atoms with Gasteiger partial charge in [-0.25, -0.2) is 9.00 Å². The smallest absolute Gasteiger partial charge is 0.335 e. The first kappa shape index (κ1) is 13.3. The molecule has 0 heterocycles. The summed E-state index contributed by atoms with van der Waals surface area (Å²) in [7, 11) is 0.372. The zero-order valence-electron chi connectivity index (χ0n) is 10.3. The molecule has 5 heteroatoms. The van der Waals surface area contributed by atoms with E-state index in [2.05, 4.69) is 0 Å². The Kier molecular flexibility index (Phi) is 3.97. The molecular formula is C14H13NO3S. The van der Waals surface area contributed by atoms with Crippen LogP contribution in [0.15, 0.2) is 59.5 Å². The molecule has 0 saturated heterocycles. The van der Waals surface area contributed by atoms with E-state index in [9.17, 15) is 9.00 Å². The van der Waals surface area contributed by atoms with Crippen LogP contribution in [0.1, 0.15) is 10.4 Å². The highest BCUT2D eigenvalue weighted by Gasteiger charge is 2.12. The van der Waals surface area contributed by atoms with E-state index in [-0.39, 0.29) is 5.56 Å². The van der Waals surface area contributed by atoms with Gasteiger partial charge >= 0.3 is 5.97 Å². The Morgan fingerprint density at radius 3 is 2.16 bits per heavy atom. The monoisotopic (exact) mass is 275 g/mol. The second kappa shape index (κ2) is 5.67. The molecule has 0 fully saturated rings. The van der Waals surface area contributed by atoms with Gasteiger partial charge in [-0.15, -0.1) is 0 Å². The summed E-state index contributed by atoms with van der Waals surface area (Å²) < 4.78 is 14.0. The van der Waals surface area contributed by atoms with Crippen LogP contribution >= 0.6 is 0 Å². The van der Waals surface area contributed by atoms with Crippen molar-refractivity contribution in [3.63, 3.8) is 0 Å². The molecule has 4 nitrogen and oxygen atoms in total. The Morgan fingerprint density at radius 2 is 1.63 bits per heavy atom. The van der Waals surface area contributed by atoms with Crippen molar-refractivity contribution in [2.24, 2.45) is 0 Å². The highest BCUT2D eigenvalue weighted by Crippen LogP contribution is 2.18. The fraction of sp³-hybridized carbons (Fsp3) is 0.0714. The highest BCUT2D eigenvalue weighted by atomic mass is 32.2. The third kappa shape index (κ3) is 3.00. The van der Waals surface area contributed by atoms with Gasteiger partial charge in [-0.1, -0.05) is 18.2 Å². The lowest BCUT2D eigenvalue weighted by molar-refractivity contribution is 0.0697.